The number of alkyl halides is 3. The summed E-state index contributed by atoms with van der Waals surface area (Å²) < 4.78 is 43.8. The molecule has 0 radical (unpaired) electrons. The van der Waals surface area contributed by atoms with E-state index in [0.29, 0.717) is 44.2 Å². The number of halogens is 3. The van der Waals surface area contributed by atoms with Gasteiger partial charge in [-0.15, -0.1) is 0 Å². The van der Waals surface area contributed by atoms with Crippen molar-refractivity contribution in [2.24, 2.45) is 0 Å². The molecule has 2 aliphatic rings. The van der Waals surface area contributed by atoms with E-state index in [0.717, 1.165) is 17.7 Å². The van der Waals surface area contributed by atoms with Gasteiger partial charge in [-0.2, -0.15) is 13.2 Å². The second-order valence-electron chi connectivity index (χ2n) is 8.32. The summed E-state index contributed by atoms with van der Waals surface area (Å²) in [5.74, 6) is 0.449. The van der Waals surface area contributed by atoms with E-state index < -0.39 is 17.8 Å². The van der Waals surface area contributed by atoms with Crippen molar-refractivity contribution in [3.8, 4) is 5.75 Å². The third-order valence-corrected chi connectivity index (χ3v) is 6.04. The maximum absolute atomic E-state index is 12.8. The molecule has 1 unspecified atom stereocenters. The average molecular weight is 461 g/mol. The van der Waals surface area contributed by atoms with Gasteiger partial charge in [-0.3, -0.25) is 14.5 Å². The molecular formula is C24H26F3N3O3. The van der Waals surface area contributed by atoms with Crippen LogP contribution in [-0.4, -0.2) is 60.4 Å². The molecule has 2 aromatic rings. The minimum absolute atomic E-state index is 0.0198. The highest BCUT2D eigenvalue weighted by atomic mass is 19.4. The number of carbonyl (C=O) groups is 2. The first-order chi connectivity index (χ1) is 15.7. The zero-order valence-corrected chi connectivity index (χ0v) is 18.3. The second kappa shape index (κ2) is 9.43. The zero-order valence-electron chi connectivity index (χ0n) is 18.3. The first-order valence-corrected chi connectivity index (χ1v) is 11.0. The van der Waals surface area contributed by atoms with Crippen molar-refractivity contribution in [2.45, 2.75) is 32.2 Å². The molecule has 2 heterocycles. The van der Waals surface area contributed by atoms with Gasteiger partial charge in [-0.25, -0.2) is 0 Å². The predicted molar refractivity (Wildman–Crippen MR) is 117 cm³/mol. The van der Waals surface area contributed by atoms with Gasteiger partial charge in [-0.05, 0) is 36.8 Å². The number of anilines is 1. The average Bonchev–Trinajstić information content (AvgIpc) is 2.79. The van der Waals surface area contributed by atoms with Crippen LogP contribution >= 0.6 is 0 Å². The van der Waals surface area contributed by atoms with E-state index in [2.05, 4.69) is 4.90 Å². The maximum atomic E-state index is 12.8. The Hall–Kier alpha value is -3.07. The van der Waals surface area contributed by atoms with Gasteiger partial charge in [0.1, 0.15) is 5.75 Å². The number of piperazine rings is 1. The highest BCUT2D eigenvalue weighted by Gasteiger charge is 2.32. The molecule has 0 aromatic heterocycles. The zero-order chi connectivity index (χ0) is 23.6. The summed E-state index contributed by atoms with van der Waals surface area (Å²) in [6.07, 6.45) is -4.72. The van der Waals surface area contributed by atoms with Crippen LogP contribution in [0.2, 0.25) is 0 Å². The van der Waals surface area contributed by atoms with Crippen molar-refractivity contribution in [1.82, 2.24) is 9.80 Å². The molecular weight excluding hydrogens is 435 g/mol. The van der Waals surface area contributed by atoms with E-state index in [1.54, 1.807) is 16.7 Å². The number of hydrogen-bond acceptors (Lipinski definition) is 4. The van der Waals surface area contributed by atoms with Crippen LogP contribution in [0.1, 0.15) is 24.5 Å². The third-order valence-electron chi connectivity index (χ3n) is 6.04. The number of para-hydroxylation sites is 2. The van der Waals surface area contributed by atoms with Crippen LogP contribution in [-0.2, 0) is 22.3 Å². The number of benzene rings is 2. The molecule has 0 aliphatic carbocycles. The molecule has 2 aromatic carbocycles. The van der Waals surface area contributed by atoms with Crippen molar-refractivity contribution in [3.05, 3.63) is 59.7 Å². The summed E-state index contributed by atoms with van der Waals surface area (Å²) in [5, 5.41) is 0. The number of hydrogen-bond donors (Lipinski definition) is 0. The minimum atomic E-state index is -4.34. The van der Waals surface area contributed by atoms with Gasteiger partial charge < -0.3 is 14.5 Å². The third kappa shape index (κ3) is 5.30. The summed E-state index contributed by atoms with van der Waals surface area (Å²) in [4.78, 5) is 30.9. The lowest BCUT2D eigenvalue weighted by atomic mass is 10.1. The fraction of sp³-hybridized carbons (Fsp3) is 0.417. The quantitative estimate of drug-likeness (QED) is 0.684. The van der Waals surface area contributed by atoms with Crippen molar-refractivity contribution in [3.63, 3.8) is 0 Å². The molecule has 33 heavy (non-hydrogen) atoms. The molecule has 9 heteroatoms. The van der Waals surface area contributed by atoms with Crippen LogP contribution in [0.5, 0.6) is 5.75 Å². The molecule has 6 nitrogen and oxygen atoms in total. The summed E-state index contributed by atoms with van der Waals surface area (Å²) in [6.45, 7) is 4.90. The van der Waals surface area contributed by atoms with Gasteiger partial charge >= 0.3 is 6.18 Å². The molecule has 0 spiro atoms. The normalized spacial score (nSPS) is 19.3. The molecule has 0 saturated carbocycles. The molecule has 4 rings (SSSR count). The summed E-state index contributed by atoms with van der Waals surface area (Å²) in [5.41, 5.74) is 0.827. The van der Waals surface area contributed by atoms with E-state index in [4.69, 9.17) is 4.74 Å². The van der Waals surface area contributed by atoms with Crippen LogP contribution in [0.25, 0.3) is 0 Å². The number of amides is 2. The van der Waals surface area contributed by atoms with E-state index in [-0.39, 0.29) is 24.8 Å². The highest BCUT2D eigenvalue weighted by Crippen LogP contribution is 2.33. The Morgan fingerprint density at radius 2 is 1.70 bits per heavy atom. The number of fused-ring (bicyclic) bond motifs is 1. The standard InChI is InChI=1S/C24H26F3N3O3/c1-17-23(32)30(20-4-2-3-5-21(20)33-17)11-10-22(31)29-14-12-28(13-15-29)16-18-6-8-19(9-7-18)24(25,26)27/h2-9,17H,10-16H2,1H3. The second-order valence-corrected chi connectivity index (χ2v) is 8.32. The monoisotopic (exact) mass is 461 g/mol. The largest absolute Gasteiger partial charge is 0.479 e. The Morgan fingerprint density at radius 1 is 1.03 bits per heavy atom. The first kappa shape index (κ1) is 23.1. The fourth-order valence-electron chi connectivity index (χ4n) is 4.17. The van der Waals surface area contributed by atoms with Crippen molar-refractivity contribution < 1.29 is 27.5 Å². The van der Waals surface area contributed by atoms with E-state index >= 15 is 0 Å². The Kier molecular flexibility index (Phi) is 6.60. The van der Waals surface area contributed by atoms with Crippen molar-refractivity contribution in [1.29, 1.82) is 0 Å². The van der Waals surface area contributed by atoms with Crippen LogP contribution in [0, 0.1) is 0 Å². The Morgan fingerprint density at radius 3 is 2.36 bits per heavy atom. The topological polar surface area (TPSA) is 53.1 Å². The van der Waals surface area contributed by atoms with Gasteiger partial charge in [0.15, 0.2) is 6.10 Å². The Balaban J connectivity index is 1.27. The number of nitrogens with zero attached hydrogens (tertiary/aromatic N) is 3. The fourth-order valence-corrected chi connectivity index (χ4v) is 4.17. The number of ether oxygens (including phenoxy) is 1. The molecule has 1 atom stereocenters. The molecule has 2 amide bonds. The van der Waals surface area contributed by atoms with E-state index in [1.807, 2.05) is 24.3 Å². The highest BCUT2D eigenvalue weighted by molar-refractivity contribution is 6.00. The minimum Gasteiger partial charge on any atom is -0.479 e. The lowest BCUT2D eigenvalue weighted by molar-refractivity contribution is -0.137. The van der Waals surface area contributed by atoms with Crippen molar-refractivity contribution >= 4 is 17.5 Å². The summed E-state index contributed by atoms with van der Waals surface area (Å²) >= 11 is 0. The Labute approximate surface area is 190 Å². The molecule has 1 fully saturated rings. The van der Waals surface area contributed by atoms with Gasteiger partial charge in [-0.1, -0.05) is 24.3 Å². The summed E-state index contributed by atoms with van der Waals surface area (Å²) in [6, 6.07) is 12.5. The first-order valence-electron chi connectivity index (χ1n) is 11.0. The molecule has 176 valence electrons. The Bertz CT molecular complexity index is 1000. The predicted octanol–water partition coefficient (Wildman–Crippen LogP) is 3.55. The molecule has 1 saturated heterocycles. The lowest BCUT2D eigenvalue weighted by Gasteiger charge is -2.36. The maximum Gasteiger partial charge on any atom is 0.416 e. The summed E-state index contributed by atoms with van der Waals surface area (Å²) in [7, 11) is 0. The van der Waals surface area contributed by atoms with Gasteiger partial charge in [0.05, 0.1) is 11.3 Å². The smallest absolute Gasteiger partial charge is 0.416 e. The number of rotatable bonds is 5. The van der Waals surface area contributed by atoms with Gasteiger partial charge in [0.2, 0.25) is 5.91 Å². The van der Waals surface area contributed by atoms with Gasteiger partial charge in [0, 0.05) is 45.7 Å². The van der Waals surface area contributed by atoms with E-state index in [9.17, 15) is 22.8 Å². The lowest BCUT2D eigenvalue weighted by Crippen LogP contribution is -2.50. The van der Waals surface area contributed by atoms with Crippen LogP contribution < -0.4 is 9.64 Å². The SMILES string of the molecule is CC1Oc2ccccc2N(CCC(=O)N2CCN(Cc3ccc(C(F)(F)F)cc3)CC2)C1=O. The van der Waals surface area contributed by atoms with Gasteiger partial charge in [0.25, 0.3) is 5.91 Å². The van der Waals surface area contributed by atoms with Crippen LogP contribution in [0.4, 0.5) is 18.9 Å². The molecule has 2 aliphatic heterocycles. The molecule has 0 bridgehead atoms. The van der Waals surface area contributed by atoms with Crippen LogP contribution in [0.15, 0.2) is 48.5 Å². The number of carbonyl (C=O) groups excluding carboxylic acids is 2. The van der Waals surface area contributed by atoms with E-state index in [1.165, 1.54) is 12.1 Å². The van der Waals surface area contributed by atoms with Crippen LogP contribution in [0.3, 0.4) is 0 Å². The van der Waals surface area contributed by atoms with Crippen molar-refractivity contribution in [2.75, 3.05) is 37.6 Å². The molecule has 0 N–H and O–H groups in total.